The minimum absolute atomic E-state index is 0.166. The fourth-order valence-electron chi connectivity index (χ4n) is 2.28. The summed E-state index contributed by atoms with van der Waals surface area (Å²) >= 11 is 0. The zero-order valence-corrected chi connectivity index (χ0v) is 11.2. The molecule has 1 heterocycles. The third-order valence-electron chi connectivity index (χ3n) is 3.37. The SMILES string of the molecule is COc1ccc(C(C)(C)C)cc1C1CCCO1. The van der Waals surface area contributed by atoms with E-state index in [1.807, 2.05) is 0 Å². The normalized spacial score (nSPS) is 20.6. The monoisotopic (exact) mass is 234 g/mol. The first-order chi connectivity index (χ1) is 8.02. The molecule has 0 bridgehead atoms. The van der Waals surface area contributed by atoms with Gasteiger partial charge in [-0.15, -0.1) is 0 Å². The van der Waals surface area contributed by atoms with Gasteiger partial charge < -0.3 is 9.47 Å². The van der Waals surface area contributed by atoms with Crippen molar-refractivity contribution in [1.29, 1.82) is 0 Å². The molecule has 0 aromatic heterocycles. The van der Waals surface area contributed by atoms with Gasteiger partial charge in [0, 0.05) is 12.2 Å². The average molecular weight is 234 g/mol. The van der Waals surface area contributed by atoms with Crippen LogP contribution in [0.15, 0.2) is 18.2 Å². The van der Waals surface area contributed by atoms with Crippen LogP contribution in [0, 0.1) is 0 Å². The lowest BCUT2D eigenvalue weighted by molar-refractivity contribution is 0.109. The molecule has 1 unspecified atom stereocenters. The number of methoxy groups -OCH3 is 1. The largest absolute Gasteiger partial charge is 0.496 e. The Morgan fingerprint density at radius 3 is 2.59 bits per heavy atom. The van der Waals surface area contributed by atoms with Crippen LogP contribution in [0.1, 0.15) is 50.8 Å². The van der Waals surface area contributed by atoms with Crippen molar-refractivity contribution in [1.82, 2.24) is 0 Å². The summed E-state index contributed by atoms with van der Waals surface area (Å²) < 4.78 is 11.2. The Balaban J connectivity index is 2.39. The molecule has 0 radical (unpaired) electrons. The van der Waals surface area contributed by atoms with Crippen LogP contribution in [-0.2, 0) is 10.2 Å². The molecule has 1 aliphatic rings. The molecule has 1 atom stereocenters. The zero-order chi connectivity index (χ0) is 12.5. The van der Waals surface area contributed by atoms with Crippen LogP contribution in [0.3, 0.4) is 0 Å². The minimum atomic E-state index is 0.166. The first-order valence-corrected chi connectivity index (χ1v) is 6.32. The Morgan fingerprint density at radius 1 is 1.29 bits per heavy atom. The second kappa shape index (κ2) is 4.69. The van der Waals surface area contributed by atoms with Gasteiger partial charge in [0.15, 0.2) is 0 Å². The van der Waals surface area contributed by atoms with Gasteiger partial charge >= 0.3 is 0 Å². The molecule has 94 valence electrons. The van der Waals surface area contributed by atoms with Crippen molar-refractivity contribution in [3.05, 3.63) is 29.3 Å². The summed E-state index contributed by atoms with van der Waals surface area (Å²) in [5.74, 6) is 0.949. The summed E-state index contributed by atoms with van der Waals surface area (Å²) in [6.45, 7) is 7.56. The van der Waals surface area contributed by atoms with Crippen molar-refractivity contribution in [3.8, 4) is 5.75 Å². The summed E-state index contributed by atoms with van der Waals surface area (Å²) in [5, 5.41) is 0. The van der Waals surface area contributed by atoms with E-state index in [1.54, 1.807) is 7.11 Å². The lowest BCUT2D eigenvalue weighted by Gasteiger charge is -2.22. The van der Waals surface area contributed by atoms with Gasteiger partial charge in [-0.05, 0) is 36.0 Å². The van der Waals surface area contributed by atoms with E-state index in [1.165, 1.54) is 11.1 Å². The highest BCUT2D eigenvalue weighted by molar-refractivity contribution is 5.41. The molecule has 17 heavy (non-hydrogen) atoms. The summed E-state index contributed by atoms with van der Waals surface area (Å²) in [4.78, 5) is 0. The van der Waals surface area contributed by atoms with E-state index >= 15 is 0 Å². The van der Waals surface area contributed by atoms with Crippen molar-refractivity contribution in [2.45, 2.75) is 45.1 Å². The van der Waals surface area contributed by atoms with E-state index in [4.69, 9.17) is 9.47 Å². The van der Waals surface area contributed by atoms with Crippen LogP contribution in [0.5, 0.6) is 5.75 Å². The standard InChI is InChI=1S/C15H22O2/c1-15(2,3)11-7-8-13(16-4)12(10-11)14-6-5-9-17-14/h7-8,10,14H,5-6,9H2,1-4H3. The smallest absolute Gasteiger partial charge is 0.124 e. The molecule has 0 spiro atoms. The van der Waals surface area contributed by atoms with Crippen LogP contribution in [0.2, 0.25) is 0 Å². The van der Waals surface area contributed by atoms with E-state index in [0.717, 1.165) is 25.2 Å². The van der Waals surface area contributed by atoms with Crippen molar-refractivity contribution in [2.75, 3.05) is 13.7 Å². The topological polar surface area (TPSA) is 18.5 Å². The van der Waals surface area contributed by atoms with Crippen molar-refractivity contribution in [2.24, 2.45) is 0 Å². The molecular weight excluding hydrogens is 212 g/mol. The Kier molecular flexibility index (Phi) is 3.43. The molecule has 0 aliphatic carbocycles. The van der Waals surface area contributed by atoms with E-state index in [2.05, 4.69) is 39.0 Å². The number of rotatable bonds is 2. The maximum atomic E-state index is 5.77. The number of ether oxygens (including phenoxy) is 2. The molecule has 2 heteroatoms. The van der Waals surface area contributed by atoms with Gasteiger partial charge in [0.05, 0.1) is 13.2 Å². The van der Waals surface area contributed by atoms with Crippen LogP contribution in [0.4, 0.5) is 0 Å². The Morgan fingerprint density at radius 2 is 2.06 bits per heavy atom. The Bertz CT molecular complexity index is 384. The maximum Gasteiger partial charge on any atom is 0.124 e. The minimum Gasteiger partial charge on any atom is -0.496 e. The van der Waals surface area contributed by atoms with E-state index < -0.39 is 0 Å². The molecule has 0 saturated carbocycles. The highest BCUT2D eigenvalue weighted by Gasteiger charge is 2.23. The lowest BCUT2D eigenvalue weighted by atomic mass is 9.85. The van der Waals surface area contributed by atoms with Gasteiger partial charge in [-0.3, -0.25) is 0 Å². The van der Waals surface area contributed by atoms with E-state index in [9.17, 15) is 0 Å². The number of hydrogen-bond acceptors (Lipinski definition) is 2. The second-order valence-corrected chi connectivity index (χ2v) is 5.71. The Labute approximate surface area is 104 Å². The summed E-state index contributed by atoms with van der Waals surface area (Å²) in [6.07, 6.45) is 2.46. The van der Waals surface area contributed by atoms with Crippen molar-refractivity contribution in [3.63, 3.8) is 0 Å². The summed E-state index contributed by atoms with van der Waals surface area (Å²) in [6, 6.07) is 6.46. The maximum absolute atomic E-state index is 5.77. The highest BCUT2D eigenvalue weighted by atomic mass is 16.5. The van der Waals surface area contributed by atoms with Gasteiger partial charge in [0.25, 0.3) is 0 Å². The van der Waals surface area contributed by atoms with E-state index in [-0.39, 0.29) is 11.5 Å². The van der Waals surface area contributed by atoms with Gasteiger partial charge in [-0.25, -0.2) is 0 Å². The molecule has 1 aromatic rings. The quantitative estimate of drug-likeness (QED) is 0.774. The third kappa shape index (κ3) is 2.63. The summed E-state index contributed by atoms with van der Waals surface area (Å²) in [7, 11) is 1.73. The molecule has 1 fully saturated rings. The fourth-order valence-corrected chi connectivity index (χ4v) is 2.28. The molecular formula is C15H22O2. The van der Waals surface area contributed by atoms with Crippen LogP contribution in [0.25, 0.3) is 0 Å². The molecule has 0 amide bonds. The predicted octanol–water partition coefficient (Wildman–Crippen LogP) is 3.84. The van der Waals surface area contributed by atoms with Crippen LogP contribution >= 0.6 is 0 Å². The third-order valence-corrected chi connectivity index (χ3v) is 3.37. The number of benzene rings is 1. The zero-order valence-electron chi connectivity index (χ0n) is 11.2. The molecule has 0 N–H and O–H groups in total. The molecule has 2 rings (SSSR count). The van der Waals surface area contributed by atoms with Crippen LogP contribution < -0.4 is 4.74 Å². The Hall–Kier alpha value is -1.02. The van der Waals surface area contributed by atoms with Crippen molar-refractivity contribution >= 4 is 0 Å². The molecule has 1 saturated heterocycles. The van der Waals surface area contributed by atoms with E-state index in [0.29, 0.717) is 0 Å². The van der Waals surface area contributed by atoms with Gasteiger partial charge in [-0.1, -0.05) is 26.8 Å². The molecule has 1 aliphatic heterocycles. The first-order valence-electron chi connectivity index (χ1n) is 6.32. The lowest BCUT2D eigenvalue weighted by Crippen LogP contribution is -2.12. The van der Waals surface area contributed by atoms with Crippen LogP contribution in [-0.4, -0.2) is 13.7 Å². The van der Waals surface area contributed by atoms with Gasteiger partial charge in [-0.2, -0.15) is 0 Å². The summed E-state index contributed by atoms with van der Waals surface area (Å²) in [5.41, 5.74) is 2.71. The van der Waals surface area contributed by atoms with Gasteiger partial charge in [0.2, 0.25) is 0 Å². The number of hydrogen-bond donors (Lipinski definition) is 0. The highest BCUT2D eigenvalue weighted by Crippen LogP contribution is 2.37. The molecule has 2 nitrogen and oxygen atoms in total. The first kappa shape index (κ1) is 12.4. The fraction of sp³-hybridized carbons (Fsp3) is 0.600. The van der Waals surface area contributed by atoms with Crippen molar-refractivity contribution < 1.29 is 9.47 Å². The molecule has 1 aromatic carbocycles. The van der Waals surface area contributed by atoms with Gasteiger partial charge in [0.1, 0.15) is 5.75 Å². The average Bonchev–Trinajstić information content (AvgIpc) is 2.80. The predicted molar refractivity (Wildman–Crippen MR) is 69.6 cm³/mol. The second-order valence-electron chi connectivity index (χ2n) is 5.71.